The molecular weight excluding hydrogens is 238 g/mol. The van der Waals surface area contributed by atoms with E-state index in [2.05, 4.69) is 20.3 Å². The fourth-order valence-electron chi connectivity index (χ4n) is 1.93. The second kappa shape index (κ2) is 5.52. The predicted octanol–water partition coefficient (Wildman–Crippen LogP) is 0.303. The van der Waals surface area contributed by atoms with E-state index < -0.39 is 0 Å². The first-order valence-electron chi connectivity index (χ1n) is 5.52. The molecule has 1 atom stereocenters. The van der Waals surface area contributed by atoms with Crippen LogP contribution in [-0.4, -0.2) is 41.0 Å². The minimum atomic E-state index is 0.235. The lowest BCUT2D eigenvalue weighted by Gasteiger charge is -2.18. The number of nitrogens with one attached hydrogen (secondary N) is 1. The first kappa shape index (κ1) is 12.4. The van der Waals surface area contributed by atoms with Crippen LogP contribution in [0.3, 0.4) is 0 Å². The Balaban J connectivity index is 2.20. The smallest absolute Gasteiger partial charge is 0.191 e. The summed E-state index contributed by atoms with van der Waals surface area (Å²) in [6, 6.07) is 1.83. The van der Waals surface area contributed by atoms with Crippen LogP contribution in [0.1, 0.15) is 6.42 Å². The zero-order valence-corrected chi connectivity index (χ0v) is 10.6. The Bertz CT molecular complexity index is 367. The van der Waals surface area contributed by atoms with Crippen LogP contribution in [0.4, 0.5) is 11.6 Å². The lowest BCUT2D eigenvalue weighted by Crippen LogP contribution is -2.22. The molecule has 2 heterocycles. The van der Waals surface area contributed by atoms with Gasteiger partial charge in [-0.3, -0.25) is 0 Å². The predicted molar refractivity (Wildman–Crippen MR) is 69.0 cm³/mol. The summed E-state index contributed by atoms with van der Waals surface area (Å²) in [5.41, 5.74) is 2.55. The number of aromatic nitrogens is 2. The monoisotopic (exact) mass is 255 g/mol. The van der Waals surface area contributed by atoms with Crippen molar-refractivity contribution >= 4 is 23.4 Å². The van der Waals surface area contributed by atoms with Gasteiger partial charge in [-0.25, -0.2) is 15.8 Å². The summed E-state index contributed by atoms with van der Waals surface area (Å²) in [5.74, 6) is 7.22. The lowest BCUT2D eigenvalue weighted by atomic mass is 10.1. The van der Waals surface area contributed by atoms with Crippen LogP contribution in [0.15, 0.2) is 11.2 Å². The van der Waals surface area contributed by atoms with Crippen molar-refractivity contribution < 1.29 is 5.11 Å². The molecule has 0 bridgehead atoms. The van der Waals surface area contributed by atoms with Crippen LogP contribution < -0.4 is 16.2 Å². The molecule has 6 nitrogen and oxygen atoms in total. The van der Waals surface area contributed by atoms with E-state index >= 15 is 0 Å². The van der Waals surface area contributed by atoms with Crippen LogP contribution in [0.2, 0.25) is 0 Å². The summed E-state index contributed by atoms with van der Waals surface area (Å²) in [6.07, 6.45) is 2.93. The van der Waals surface area contributed by atoms with Crippen molar-refractivity contribution in [3.63, 3.8) is 0 Å². The third-order valence-corrected chi connectivity index (χ3v) is 3.44. The van der Waals surface area contributed by atoms with Crippen LogP contribution >= 0.6 is 11.8 Å². The highest BCUT2D eigenvalue weighted by atomic mass is 32.2. The molecule has 1 aromatic rings. The number of aliphatic hydroxyl groups excluding tert-OH is 1. The standard InChI is InChI=1S/C10H17N5OS/c1-17-10-12-8(14-11)4-9(13-10)15-3-2-7(5-15)6-16/h4,7,16H,2-3,5-6,11H2,1H3,(H,12,13,14). The summed E-state index contributed by atoms with van der Waals surface area (Å²) in [4.78, 5) is 10.8. The molecular formula is C10H17N5OS. The summed E-state index contributed by atoms with van der Waals surface area (Å²) >= 11 is 1.48. The van der Waals surface area contributed by atoms with Gasteiger partial charge in [-0.2, -0.15) is 0 Å². The Labute approximate surface area is 105 Å². The summed E-state index contributed by atoms with van der Waals surface area (Å²) < 4.78 is 0. The number of nitrogens with zero attached hydrogens (tertiary/aromatic N) is 3. The molecule has 0 amide bonds. The zero-order valence-electron chi connectivity index (χ0n) is 9.76. The van der Waals surface area contributed by atoms with Gasteiger partial charge in [0.1, 0.15) is 11.6 Å². The molecule has 1 unspecified atom stereocenters. The third kappa shape index (κ3) is 2.80. The van der Waals surface area contributed by atoms with Crippen LogP contribution in [0.25, 0.3) is 0 Å². The van der Waals surface area contributed by atoms with Crippen molar-refractivity contribution in [3.8, 4) is 0 Å². The molecule has 94 valence electrons. The Morgan fingerprint density at radius 1 is 1.65 bits per heavy atom. The molecule has 7 heteroatoms. The van der Waals surface area contributed by atoms with Crippen molar-refractivity contribution in [1.82, 2.24) is 9.97 Å². The third-order valence-electron chi connectivity index (χ3n) is 2.89. The maximum Gasteiger partial charge on any atom is 0.191 e. The number of rotatable bonds is 4. The average molecular weight is 255 g/mol. The van der Waals surface area contributed by atoms with Gasteiger partial charge in [-0.1, -0.05) is 11.8 Å². The van der Waals surface area contributed by atoms with Crippen molar-refractivity contribution in [2.24, 2.45) is 11.8 Å². The zero-order chi connectivity index (χ0) is 12.3. The maximum atomic E-state index is 9.14. The van der Waals surface area contributed by atoms with Gasteiger partial charge < -0.3 is 15.4 Å². The minimum Gasteiger partial charge on any atom is -0.396 e. The molecule has 17 heavy (non-hydrogen) atoms. The number of aliphatic hydroxyl groups is 1. The number of hydrogen-bond acceptors (Lipinski definition) is 7. The molecule has 1 aromatic heterocycles. The van der Waals surface area contributed by atoms with E-state index in [1.165, 1.54) is 11.8 Å². The van der Waals surface area contributed by atoms with Gasteiger partial charge in [0.25, 0.3) is 0 Å². The number of nitrogens with two attached hydrogens (primary N) is 1. The van der Waals surface area contributed by atoms with Crippen molar-refractivity contribution in [3.05, 3.63) is 6.07 Å². The first-order valence-corrected chi connectivity index (χ1v) is 6.74. The average Bonchev–Trinajstić information content (AvgIpc) is 2.86. The highest BCUT2D eigenvalue weighted by molar-refractivity contribution is 7.98. The molecule has 1 aliphatic rings. The summed E-state index contributed by atoms with van der Waals surface area (Å²) in [7, 11) is 0. The molecule has 1 saturated heterocycles. The number of hydrazine groups is 1. The molecule has 4 N–H and O–H groups in total. The van der Waals surface area contributed by atoms with E-state index in [9.17, 15) is 0 Å². The van der Waals surface area contributed by atoms with E-state index in [1.807, 2.05) is 12.3 Å². The molecule has 0 aromatic carbocycles. The van der Waals surface area contributed by atoms with Gasteiger partial charge in [0.2, 0.25) is 0 Å². The normalized spacial score (nSPS) is 19.7. The van der Waals surface area contributed by atoms with Gasteiger partial charge in [0, 0.05) is 31.7 Å². The van der Waals surface area contributed by atoms with Crippen LogP contribution in [0.5, 0.6) is 0 Å². The number of thioether (sulfide) groups is 1. The van der Waals surface area contributed by atoms with Crippen LogP contribution in [-0.2, 0) is 0 Å². The molecule has 2 rings (SSSR count). The SMILES string of the molecule is CSc1nc(NN)cc(N2CCC(CO)C2)n1. The molecule has 1 aliphatic heterocycles. The Morgan fingerprint density at radius 3 is 3.06 bits per heavy atom. The first-order chi connectivity index (χ1) is 8.26. The van der Waals surface area contributed by atoms with E-state index in [1.54, 1.807) is 0 Å². The highest BCUT2D eigenvalue weighted by Gasteiger charge is 2.23. The topological polar surface area (TPSA) is 87.3 Å². The van der Waals surface area contributed by atoms with Crippen LogP contribution in [0, 0.1) is 5.92 Å². The van der Waals surface area contributed by atoms with E-state index in [-0.39, 0.29) is 6.61 Å². The Kier molecular flexibility index (Phi) is 4.03. The number of anilines is 2. The number of nitrogen functional groups attached to an aromatic ring is 1. The van der Waals surface area contributed by atoms with Crippen molar-refractivity contribution in [1.29, 1.82) is 0 Å². The summed E-state index contributed by atoms with van der Waals surface area (Å²) in [6.45, 7) is 1.99. The van der Waals surface area contributed by atoms with Gasteiger partial charge in [-0.05, 0) is 12.7 Å². The largest absolute Gasteiger partial charge is 0.396 e. The number of hydrogen-bond donors (Lipinski definition) is 3. The molecule has 1 fully saturated rings. The fraction of sp³-hybridized carbons (Fsp3) is 0.600. The van der Waals surface area contributed by atoms with Gasteiger partial charge in [-0.15, -0.1) is 0 Å². The van der Waals surface area contributed by atoms with Gasteiger partial charge in [0.05, 0.1) is 0 Å². The second-order valence-electron chi connectivity index (χ2n) is 4.03. The molecule has 0 spiro atoms. The Hall–Kier alpha value is -1.05. The van der Waals surface area contributed by atoms with Crippen molar-refractivity contribution in [2.75, 3.05) is 36.3 Å². The Morgan fingerprint density at radius 2 is 2.47 bits per heavy atom. The van der Waals surface area contributed by atoms with Gasteiger partial charge >= 0.3 is 0 Å². The minimum absolute atomic E-state index is 0.235. The molecule has 0 radical (unpaired) electrons. The van der Waals surface area contributed by atoms with E-state index in [0.29, 0.717) is 16.9 Å². The fourth-order valence-corrected chi connectivity index (χ4v) is 2.30. The van der Waals surface area contributed by atoms with Crippen molar-refractivity contribution in [2.45, 2.75) is 11.6 Å². The summed E-state index contributed by atoms with van der Waals surface area (Å²) in [5, 5.41) is 9.83. The second-order valence-corrected chi connectivity index (χ2v) is 4.80. The van der Waals surface area contributed by atoms with Gasteiger partial charge in [0.15, 0.2) is 5.16 Å². The molecule has 0 saturated carbocycles. The van der Waals surface area contributed by atoms with E-state index in [4.69, 9.17) is 10.9 Å². The maximum absolute atomic E-state index is 9.14. The quantitative estimate of drug-likeness (QED) is 0.309. The lowest BCUT2D eigenvalue weighted by molar-refractivity contribution is 0.238. The molecule has 0 aliphatic carbocycles. The van der Waals surface area contributed by atoms with E-state index in [0.717, 1.165) is 25.3 Å². The highest BCUT2D eigenvalue weighted by Crippen LogP contribution is 2.25.